The lowest BCUT2D eigenvalue weighted by molar-refractivity contribution is -0.0827. The Morgan fingerprint density at radius 2 is 1.37 bits per heavy atom. The normalized spacial score (nSPS) is 16.3. The maximum atomic E-state index is 9.48. The maximum absolute atomic E-state index is 9.48. The first-order chi connectivity index (χ1) is 9.09. The molecule has 4 nitrogen and oxygen atoms in total. The molecule has 0 aromatic heterocycles. The van der Waals surface area contributed by atoms with Gasteiger partial charge in [-0.2, -0.15) is 0 Å². The summed E-state index contributed by atoms with van der Waals surface area (Å²) in [7, 11) is 0. The van der Waals surface area contributed by atoms with Crippen LogP contribution in [0.5, 0.6) is 0 Å². The Kier molecular flexibility index (Phi) is 12.7. The first-order valence-electron chi connectivity index (χ1n) is 7.71. The minimum Gasteiger partial charge on any atom is -0.391 e. The largest absolute Gasteiger partial charge is 0.391 e. The Labute approximate surface area is 117 Å². The van der Waals surface area contributed by atoms with Crippen molar-refractivity contribution in [1.29, 1.82) is 0 Å². The molecule has 0 aromatic carbocycles. The van der Waals surface area contributed by atoms with E-state index in [2.05, 4.69) is 6.92 Å². The zero-order valence-electron chi connectivity index (χ0n) is 12.6. The molecular formula is C15H32O4. The van der Waals surface area contributed by atoms with Crippen LogP contribution in [0, 0.1) is 0 Å². The highest BCUT2D eigenvalue weighted by molar-refractivity contribution is 4.71. The second kappa shape index (κ2) is 12.9. The van der Waals surface area contributed by atoms with Crippen molar-refractivity contribution in [2.45, 2.75) is 83.5 Å². The number of rotatable bonds is 13. The Balaban J connectivity index is 3.22. The average molecular weight is 276 g/mol. The van der Waals surface area contributed by atoms with E-state index in [4.69, 9.17) is 9.84 Å². The number of hydrogen-bond acceptors (Lipinski definition) is 4. The van der Waals surface area contributed by atoms with Crippen LogP contribution in [0.2, 0.25) is 0 Å². The molecule has 0 amide bonds. The predicted octanol–water partition coefficient (Wildman–Crippen LogP) is 2.25. The predicted molar refractivity (Wildman–Crippen MR) is 77.1 cm³/mol. The van der Waals surface area contributed by atoms with Crippen LogP contribution in [0.25, 0.3) is 0 Å². The van der Waals surface area contributed by atoms with Crippen molar-refractivity contribution in [2.24, 2.45) is 0 Å². The summed E-state index contributed by atoms with van der Waals surface area (Å²) in [6.45, 7) is 4.37. The molecule has 0 saturated carbocycles. The minimum atomic E-state index is -1.13. The Morgan fingerprint density at radius 3 is 1.89 bits per heavy atom. The third-order valence-corrected chi connectivity index (χ3v) is 3.32. The van der Waals surface area contributed by atoms with E-state index in [1.54, 1.807) is 0 Å². The van der Waals surface area contributed by atoms with Crippen molar-refractivity contribution in [1.82, 2.24) is 0 Å². The minimum absolute atomic E-state index is 0.0859. The van der Waals surface area contributed by atoms with Crippen LogP contribution in [0.15, 0.2) is 0 Å². The molecule has 0 aromatic rings. The van der Waals surface area contributed by atoms with Crippen molar-refractivity contribution in [2.75, 3.05) is 13.2 Å². The third-order valence-electron chi connectivity index (χ3n) is 3.32. The van der Waals surface area contributed by atoms with Crippen molar-refractivity contribution in [3.8, 4) is 0 Å². The summed E-state index contributed by atoms with van der Waals surface area (Å²) < 4.78 is 5.29. The highest BCUT2D eigenvalue weighted by atomic mass is 16.5. The number of hydrogen-bond donors (Lipinski definition) is 3. The van der Waals surface area contributed by atoms with Gasteiger partial charge in [-0.15, -0.1) is 0 Å². The molecule has 0 heterocycles. The second-order valence-electron chi connectivity index (χ2n) is 5.35. The highest BCUT2D eigenvalue weighted by Gasteiger charge is 2.20. The summed E-state index contributed by atoms with van der Waals surface area (Å²) in [4.78, 5) is 0. The van der Waals surface area contributed by atoms with Crippen LogP contribution in [0.3, 0.4) is 0 Å². The Morgan fingerprint density at radius 1 is 0.842 bits per heavy atom. The summed E-state index contributed by atoms with van der Waals surface area (Å²) >= 11 is 0. The number of aliphatic hydroxyl groups excluding tert-OH is 3. The molecule has 116 valence electrons. The van der Waals surface area contributed by atoms with Gasteiger partial charge in [-0.1, -0.05) is 51.9 Å². The van der Waals surface area contributed by atoms with Gasteiger partial charge >= 0.3 is 0 Å². The summed E-state index contributed by atoms with van der Waals surface area (Å²) in [5.74, 6) is 0. The van der Waals surface area contributed by atoms with Crippen LogP contribution in [-0.2, 0) is 4.74 Å². The summed E-state index contributed by atoms with van der Waals surface area (Å²) in [6, 6.07) is 0. The molecule has 0 bridgehead atoms. The van der Waals surface area contributed by atoms with Crippen LogP contribution >= 0.6 is 0 Å². The maximum Gasteiger partial charge on any atom is 0.108 e. The fourth-order valence-corrected chi connectivity index (χ4v) is 1.96. The lowest BCUT2D eigenvalue weighted by Gasteiger charge is -2.19. The second-order valence-corrected chi connectivity index (χ2v) is 5.35. The first-order valence-corrected chi connectivity index (χ1v) is 7.71. The lowest BCUT2D eigenvalue weighted by Crippen LogP contribution is -2.38. The molecule has 19 heavy (non-hydrogen) atoms. The Hall–Kier alpha value is -0.160. The zero-order chi connectivity index (χ0) is 14.5. The van der Waals surface area contributed by atoms with Gasteiger partial charge in [0.1, 0.15) is 12.2 Å². The fraction of sp³-hybridized carbons (Fsp3) is 1.00. The molecule has 0 spiro atoms. The molecule has 3 unspecified atom stereocenters. The molecule has 0 radical (unpaired) electrons. The van der Waals surface area contributed by atoms with Gasteiger partial charge in [0, 0.05) is 6.61 Å². The average Bonchev–Trinajstić information content (AvgIpc) is 2.39. The number of aliphatic hydroxyl groups is 3. The first kappa shape index (κ1) is 18.8. The van der Waals surface area contributed by atoms with E-state index in [1.807, 2.05) is 0 Å². The smallest absolute Gasteiger partial charge is 0.108 e. The van der Waals surface area contributed by atoms with E-state index in [0.717, 1.165) is 12.8 Å². The van der Waals surface area contributed by atoms with E-state index >= 15 is 0 Å². The summed E-state index contributed by atoms with van der Waals surface area (Å²) in [6.07, 6.45) is 6.92. The van der Waals surface area contributed by atoms with E-state index in [1.165, 1.54) is 45.4 Å². The Bertz CT molecular complexity index is 185. The molecule has 0 aliphatic heterocycles. The molecule has 0 rings (SSSR count). The highest BCUT2D eigenvalue weighted by Crippen LogP contribution is 2.08. The van der Waals surface area contributed by atoms with Crippen LogP contribution in [0.4, 0.5) is 0 Å². The van der Waals surface area contributed by atoms with Gasteiger partial charge in [0.2, 0.25) is 0 Å². The van der Waals surface area contributed by atoms with Gasteiger partial charge in [-0.3, -0.25) is 0 Å². The van der Waals surface area contributed by atoms with Crippen LogP contribution in [-0.4, -0.2) is 46.8 Å². The van der Waals surface area contributed by atoms with Gasteiger partial charge in [-0.05, 0) is 13.3 Å². The number of unbranched alkanes of at least 4 members (excludes halogenated alkanes) is 7. The van der Waals surface area contributed by atoms with E-state index in [-0.39, 0.29) is 6.61 Å². The standard InChI is InChI=1S/C15H32O4/c1-3-4-5-6-7-8-9-10-11-19-12-14(17)15(18)13(2)16/h13-18H,3-12H2,1-2H3. The van der Waals surface area contributed by atoms with Gasteiger partial charge < -0.3 is 20.1 Å². The SMILES string of the molecule is CCCCCCCCCCOCC(O)C(O)C(C)O. The molecule has 3 N–H and O–H groups in total. The van der Waals surface area contributed by atoms with Gasteiger partial charge in [0.05, 0.1) is 12.7 Å². The summed E-state index contributed by atoms with van der Waals surface area (Å²) in [5.41, 5.74) is 0. The van der Waals surface area contributed by atoms with Crippen molar-refractivity contribution < 1.29 is 20.1 Å². The molecule has 0 aliphatic rings. The molecule has 0 saturated heterocycles. The van der Waals surface area contributed by atoms with Gasteiger partial charge in [-0.25, -0.2) is 0 Å². The van der Waals surface area contributed by atoms with E-state index in [9.17, 15) is 10.2 Å². The van der Waals surface area contributed by atoms with Crippen molar-refractivity contribution >= 4 is 0 Å². The van der Waals surface area contributed by atoms with E-state index < -0.39 is 18.3 Å². The lowest BCUT2D eigenvalue weighted by atomic mass is 10.1. The van der Waals surface area contributed by atoms with E-state index in [0.29, 0.717) is 6.61 Å². The molecule has 3 atom stereocenters. The summed E-state index contributed by atoms with van der Waals surface area (Å²) in [5, 5.41) is 27.9. The number of ether oxygens (including phenoxy) is 1. The van der Waals surface area contributed by atoms with Gasteiger partial charge in [0.15, 0.2) is 0 Å². The van der Waals surface area contributed by atoms with Crippen molar-refractivity contribution in [3.05, 3.63) is 0 Å². The van der Waals surface area contributed by atoms with Crippen molar-refractivity contribution in [3.63, 3.8) is 0 Å². The fourth-order valence-electron chi connectivity index (χ4n) is 1.96. The third kappa shape index (κ3) is 11.4. The molecular weight excluding hydrogens is 244 g/mol. The topological polar surface area (TPSA) is 69.9 Å². The van der Waals surface area contributed by atoms with Gasteiger partial charge in [0.25, 0.3) is 0 Å². The quantitative estimate of drug-likeness (QED) is 0.451. The molecule has 0 fully saturated rings. The van der Waals surface area contributed by atoms with Crippen LogP contribution < -0.4 is 0 Å². The molecule has 4 heteroatoms. The van der Waals surface area contributed by atoms with Crippen LogP contribution in [0.1, 0.15) is 65.2 Å². The zero-order valence-corrected chi connectivity index (χ0v) is 12.6. The monoisotopic (exact) mass is 276 g/mol. The molecule has 0 aliphatic carbocycles.